The number of anilines is 1. The van der Waals surface area contributed by atoms with Crippen LogP contribution in [0.1, 0.15) is 22.0 Å². The first kappa shape index (κ1) is 24.2. The van der Waals surface area contributed by atoms with Crippen molar-refractivity contribution in [2.45, 2.75) is 20.0 Å². The number of carbonyl (C=O) groups excluding carboxylic acids is 1. The number of benzene rings is 1. The van der Waals surface area contributed by atoms with Gasteiger partial charge in [-0.05, 0) is 38.1 Å². The van der Waals surface area contributed by atoms with Crippen molar-refractivity contribution < 1.29 is 37.0 Å². The molecule has 2 aromatic heterocycles. The summed E-state index contributed by atoms with van der Waals surface area (Å²) < 4.78 is 51.7. The van der Waals surface area contributed by atoms with Crippen molar-refractivity contribution in [3.8, 4) is 11.6 Å². The number of ether oxygens (including phenoxy) is 1. The average molecular weight is 455 g/mol. The van der Waals surface area contributed by atoms with Gasteiger partial charge in [-0.2, -0.15) is 22.5 Å². The number of hydrogen-bond acceptors (Lipinski definition) is 6. The van der Waals surface area contributed by atoms with Crippen LogP contribution in [0.5, 0.6) is 5.88 Å². The fraction of sp³-hybridized carbons (Fsp3) is 0.211. The van der Waals surface area contributed by atoms with E-state index in [1.54, 1.807) is 18.5 Å². The quantitative estimate of drug-likeness (QED) is 0.580. The monoisotopic (exact) mass is 455 g/mol. The molecular formula is C19H17F4N5O4. The maximum atomic E-state index is 13.3. The van der Waals surface area contributed by atoms with Gasteiger partial charge >= 0.3 is 12.1 Å². The Bertz CT molecular complexity index is 1110. The van der Waals surface area contributed by atoms with Crippen LogP contribution in [0.4, 0.5) is 23.2 Å². The molecule has 32 heavy (non-hydrogen) atoms. The molecule has 3 rings (SSSR count). The predicted octanol–water partition coefficient (Wildman–Crippen LogP) is 3.31. The molecule has 0 unspecified atom stereocenters. The minimum Gasteiger partial charge on any atom is -0.479 e. The van der Waals surface area contributed by atoms with Gasteiger partial charge in [0, 0.05) is 17.1 Å². The van der Waals surface area contributed by atoms with Crippen LogP contribution in [0.2, 0.25) is 0 Å². The Balaban J connectivity index is 0.000000451. The molecule has 0 aliphatic heterocycles. The Morgan fingerprint density at radius 2 is 1.72 bits per heavy atom. The number of aromatic nitrogens is 4. The SMILES string of the molecule is COc1nc(C(=O)Nc2ccc(-n3cnc(C)c3C)cc2)ncc1F.O=C(O)C(F)(F)F. The molecule has 170 valence electrons. The van der Waals surface area contributed by atoms with E-state index in [2.05, 4.69) is 20.3 Å². The number of rotatable bonds is 4. The van der Waals surface area contributed by atoms with E-state index >= 15 is 0 Å². The zero-order valence-corrected chi connectivity index (χ0v) is 16.9. The highest BCUT2D eigenvalue weighted by Gasteiger charge is 2.38. The van der Waals surface area contributed by atoms with Crippen LogP contribution in [-0.2, 0) is 4.79 Å². The van der Waals surface area contributed by atoms with Gasteiger partial charge in [0.15, 0.2) is 0 Å². The summed E-state index contributed by atoms with van der Waals surface area (Å²) in [6.07, 6.45) is -2.44. The van der Waals surface area contributed by atoms with Crippen LogP contribution in [-0.4, -0.2) is 49.8 Å². The third-order valence-electron chi connectivity index (χ3n) is 4.01. The number of carboxylic acid groups (broad SMARTS) is 1. The number of imidazole rings is 1. The second-order valence-corrected chi connectivity index (χ2v) is 6.14. The van der Waals surface area contributed by atoms with Crippen LogP contribution < -0.4 is 10.1 Å². The van der Waals surface area contributed by atoms with Crippen molar-refractivity contribution in [1.82, 2.24) is 19.5 Å². The summed E-state index contributed by atoms with van der Waals surface area (Å²) >= 11 is 0. The number of carbonyl (C=O) groups is 2. The van der Waals surface area contributed by atoms with E-state index in [1.165, 1.54) is 7.11 Å². The molecule has 2 heterocycles. The number of aliphatic carboxylic acids is 1. The molecule has 9 nitrogen and oxygen atoms in total. The molecule has 3 aromatic rings. The van der Waals surface area contributed by atoms with Crippen LogP contribution >= 0.6 is 0 Å². The number of methoxy groups -OCH3 is 1. The van der Waals surface area contributed by atoms with Gasteiger partial charge in [0.25, 0.3) is 11.8 Å². The van der Waals surface area contributed by atoms with Gasteiger partial charge in [0.1, 0.15) is 0 Å². The van der Waals surface area contributed by atoms with Crippen molar-refractivity contribution in [3.05, 3.63) is 59.8 Å². The third-order valence-corrected chi connectivity index (χ3v) is 4.01. The number of alkyl halides is 3. The summed E-state index contributed by atoms with van der Waals surface area (Å²) in [5.74, 6) is -4.49. The van der Waals surface area contributed by atoms with Crippen LogP contribution in [0.15, 0.2) is 36.8 Å². The maximum Gasteiger partial charge on any atom is 0.490 e. The zero-order valence-electron chi connectivity index (χ0n) is 16.9. The highest BCUT2D eigenvalue weighted by atomic mass is 19.4. The van der Waals surface area contributed by atoms with Crippen molar-refractivity contribution in [3.63, 3.8) is 0 Å². The highest BCUT2D eigenvalue weighted by molar-refractivity contribution is 6.01. The van der Waals surface area contributed by atoms with Crippen molar-refractivity contribution in [1.29, 1.82) is 0 Å². The fourth-order valence-electron chi connectivity index (χ4n) is 2.26. The van der Waals surface area contributed by atoms with Gasteiger partial charge < -0.3 is 19.7 Å². The molecular weight excluding hydrogens is 438 g/mol. The summed E-state index contributed by atoms with van der Waals surface area (Å²) in [6.45, 7) is 3.93. The predicted molar refractivity (Wildman–Crippen MR) is 103 cm³/mol. The number of nitrogens with zero attached hydrogens (tertiary/aromatic N) is 4. The first-order valence-electron chi connectivity index (χ1n) is 8.73. The Morgan fingerprint density at radius 1 is 1.12 bits per heavy atom. The summed E-state index contributed by atoms with van der Waals surface area (Å²) in [5, 5.41) is 9.79. The number of amides is 1. The Morgan fingerprint density at radius 3 is 2.19 bits per heavy atom. The topological polar surface area (TPSA) is 119 Å². The van der Waals surface area contributed by atoms with Gasteiger partial charge in [-0.25, -0.2) is 14.8 Å². The van der Waals surface area contributed by atoms with Crippen LogP contribution in [0.25, 0.3) is 5.69 Å². The average Bonchev–Trinajstić information content (AvgIpc) is 3.07. The summed E-state index contributed by atoms with van der Waals surface area (Å²) in [6, 6.07) is 7.22. The Kier molecular flexibility index (Phi) is 7.46. The smallest absolute Gasteiger partial charge is 0.479 e. The van der Waals surface area contributed by atoms with Crippen molar-refractivity contribution in [2.24, 2.45) is 0 Å². The second kappa shape index (κ2) is 9.85. The lowest BCUT2D eigenvalue weighted by Gasteiger charge is -2.08. The van der Waals surface area contributed by atoms with Gasteiger partial charge in [0.2, 0.25) is 11.6 Å². The second-order valence-electron chi connectivity index (χ2n) is 6.14. The minimum atomic E-state index is -5.08. The highest BCUT2D eigenvalue weighted by Crippen LogP contribution is 2.18. The molecule has 0 aliphatic rings. The molecule has 0 bridgehead atoms. The van der Waals surface area contributed by atoms with Gasteiger partial charge in [-0.3, -0.25) is 4.79 Å². The maximum absolute atomic E-state index is 13.3. The molecule has 1 aromatic carbocycles. The molecule has 0 atom stereocenters. The fourth-order valence-corrected chi connectivity index (χ4v) is 2.26. The van der Waals surface area contributed by atoms with E-state index in [1.807, 2.05) is 30.5 Å². The molecule has 0 radical (unpaired) electrons. The molecule has 1 amide bonds. The van der Waals surface area contributed by atoms with Crippen LogP contribution in [0.3, 0.4) is 0 Å². The lowest BCUT2D eigenvalue weighted by molar-refractivity contribution is -0.192. The Labute approximate surface area is 178 Å². The molecule has 2 N–H and O–H groups in total. The van der Waals surface area contributed by atoms with Gasteiger partial charge in [-0.15, -0.1) is 0 Å². The lowest BCUT2D eigenvalue weighted by Crippen LogP contribution is -2.21. The van der Waals surface area contributed by atoms with Gasteiger partial charge in [-0.1, -0.05) is 0 Å². The van der Waals surface area contributed by atoms with Gasteiger partial charge in [0.05, 0.1) is 25.3 Å². The minimum absolute atomic E-state index is 0.177. The van der Waals surface area contributed by atoms with E-state index < -0.39 is 23.9 Å². The van der Waals surface area contributed by atoms with E-state index in [-0.39, 0.29) is 11.7 Å². The number of halogens is 4. The summed E-state index contributed by atoms with van der Waals surface area (Å²) in [7, 11) is 1.27. The first-order chi connectivity index (χ1) is 14.9. The molecule has 0 saturated carbocycles. The van der Waals surface area contributed by atoms with Crippen molar-refractivity contribution >= 4 is 17.6 Å². The molecule has 0 saturated heterocycles. The lowest BCUT2D eigenvalue weighted by atomic mass is 10.2. The third kappa shape index (κ3) is 6.00. The van der Waals surface area contributed by atoms with E-state index in [9.17, 15) is 22.4 Å². The molecule has 13 heteroatoms. The zero-order chi connectivity index (χ0) is 24.1. The number of carboxylic acids is 1. The largest absolute Gasteiger partial charge is 0.490 e. The normalized spacial score (nSPS) is 10.7. The van der Waals surface area contributed by atoms with E-state index in [4.69, 9.17) is 14.6 Å². The molecule has 0 aliphatic carbocycles. The van der Waals surface area contributed by atoms with Crippen molar-refractivity contribution in [2.75, 3.05) is 12.4 Å². The van der Waals surface area contributed by atoms with E-state index in [0.29, 0.717) is 5.69 Å². The summed E-state index contributed by atoms with van der Waals surface area (Å²) in [4.78, 5) is 32.7. The number of aryl methyl sites for hydroxylation is 1. The van der Waals surface area contributed by atoms with Crippen LogP contribution in [0, 0.1) is 19.7 Å². The Hall–Kier alpha value is -4.03. The van der Waals surface area contributed by atoms with E-state index in [0.717, 1.165) is 23.3 Å². The number of hydrogen-bond donors (Lipinski definition) is 2. The molecule has 0 fully saturated rings. The first-order valence-corrected chi connectivity index (χ1v) is 8.73. The standard InChI is InChI=1S/C17H16FN5O2.C2HF3O2/c1-10-11(2)23(9-20-10)13-6-4-12(5-7-13)21-16(24)15-19-8-14(18)17(22-15)25-3;3-2(4,5)1(6)7/h4-9H,1-3H3,(H,21,24);(H,6,7). The summed E-state index contributed by atoms with van der Waals surface area (Å²) in [5.41, 5.74) is 3.49. The number of nitrogens with one attached hydrogen (secondary N) is 1. The molecule has 0 spiro atoms.